The van der Waals surface area contributed by atoms with E-state index in [4.69, 9.17) is 16.3 Å². The van der Waals surface area contributed by atoms with Gasteiger partial charge in [-0.25, -0.2) is 0 Å². The van der Waals surface area contributed by atoms with Gasteiger partial charge in [0.25, 0.3) is 0 Å². The van der Waals surface area contributed by atoms with Crippen molar-refractivity contribution in [2.45, 2.75) is 20.0 Å². The van der Waals surface area contributed by atoms with Gasteiger partial charge in [-0.05, 0) is 35.8 Å². The highest BCUT2D eigenvalue weighted by Crippen LogP contribution is 2.22. The first kappa shape index (κ1) is 18.0. The van der Waals surface area contributed by atoms with Crippen LogP contribution < -0.4 is 10.2 Å². The van der Waals surface area contributed by atoms with Gasteiger partial charge in [-0.1, -0.05) is 60.6 Å². The van der Waals surface area contributed by atoms with E-state index in [1.807, 2.05) is 54.6 Å². The lowest BCUT2D eigenvalue weighted by atomic mass is 10.1. The topological polar surface area (TPSA) is 42.1 Å². The number of rotatable bonds is 6. The van der Waals surface area contributed by atoms with E-state index < -0.39 is 0 Å². The maximum atomic E-state index is 12.6. The second-order valence-corrected chi connectivity index (χ2v) is 6.66. The van der Waals surface area contributed by atoms with E-state index in [0.29, 0.717) is 35.1 Å². The lowest BCUT2D eigenvalue weighted by Gasteiger charge is -2.13. The highest BCUT2D eigenvalue weighted by atomic mass is 35.5. The molecule has 0 radical (unpaired) electrons. The van der Waals surface area contributed by atoms with Crippen LogP contribution in [0.1, 0.15) is 29.3 Å². The van der Waals surface area contributed by atoms with Crippen molar-refractivity contribution in [3.63, 3.8) is 0 Å². The molecule has 4 heteroatoms. The predicted molar refractivity (Wildman–Crippen MR) is 107 cm³/mol. The highest BCUT2D eigenvalue weighted by molar-refractivity contribution is 6.30. The van der Waals surface area contributed by atoms with Crippen LogP contribution in [0.15, 0.2) is 72.0 Å². The Hall–Kier alpha value is -2.78. The third-order valence-corrected chi connectivity index (χ3v) is 4.27. The van der Waals surface area contributed by atoms with Crippen molar-refractivity contribution >= 4 is 17.2 Å². The molecule has 0 fully saturated rings. The number of ether oxygens (including phenoxy) is 1. The Labute approximate surface area is 157 Å². The number of hydrogen-bond acceptors (Lipinski definition) is 2. The molecular formula is C22H20ClNO2. The molecule has 3 nitrogen and oxygen atoms in total. The molecule has 0 saturated carbocycles. The first-order valence-corrected chi connectivity index (χ1v) is 8.74. The van der Waals surface area contributed by atoms with Crippen LogP contribution in [0.5, 0.6) is 5.88 Å². The zero-order valence-electron chi connectivity index (χ0n) is 14.6. The molecule has 0 amide bonds. The molecular weight excluding hydrogens is 346 g/mol. The van der Waals surface area contributed by atoms with E-state index in [2.05, 4.69) is 11.6 Å². The van der Waals surface area contributed by atoms with Gasteiger partial charge >= 0.3 is 0 Å². The Kier molecular flexibility index (Phi) is 5.59. The van der Waals surface area contributed by atoms with Crippen LogP contribution in [0, 0.1) is 0 Å². The van der Waals surface area contributed by atoms with Crippen molar-refractivity contribution in [2.75, 3.05) is 0 Å². The average Bonchev–Trinajstić information content (AvgIpc) is 2.62. The number of benzene rings is 2. The van der Waals surface area contributed by atoms with Gasteiger partial charge < -0.3 is 9.72 Å². The van der Waals surface area contributed by atoms with E-state index in [9.17, 15) is 4.79 Å². The van der Waals surface area contributed by atoms with E-state index in [0.717, 1.165) is 16.8 Å². The molecule has 1 N–H and O–H groups in total. The fourth-order valence-electron chi connectivity index (χ4n) is 2.75. The standard InChI is InChI=1S/C22H20ClNO2/c1-15(2)21-20(25)13-19(12-16-8-10-18(23)11-9-16)24-22(21)26-14-17-6-4-3-5-7-17/h3-11,13H,1,12,14H2,2H3,(H,24,25). The SMILES string of the molecule is C=C(C)c1c(OCc2ccccc2)[nH]c(Cc2ccc(Cl)cc2)cc1=O. The number of nitrogens with one attached hydrogen (secondary N) is 1. The van der Waals surface area contributed by atoms with E-state index in [-0.39, 0.29) is 5.43 Å². The van der Waals surface area contributed by atoms with Crippen molar-refractivity contribution in [3.8, 4) is 5.88 Å². The number of allylic oxidation sites excluding steroid dienone is 1. The molecule has 26 heavy (non-hydrogen) atoms. The van der Waals surface area contributed by atoms with Crippen molar-refractivity contribution in [1.82, 2.24) is 4.98 Å². The molecule has 132 valence electrons. The zero-order chi connectivity index (χ0) is 18.5. The van der Waals surface area contributed by atoms with E-state index in [1.54, 1.807) is 13.0 Å². The molecule has 2 aromatic carbocycles. The lowest BCUT2D eigenvalue weighted by Crippen LogP contribution is -2.13. The Morgan fingerprint density at radius 1 is 1.08 bits per heavy atom. The normalized spacial score (nSPS) is 10.5. The molecule has 0 bridgehead atoms. The first-order chi connectivity index (χ1) is 12.5. The third kappa shape index (κ3) is 4.44. The quantitative estimate of drug-likeness (QED) is 0.649. The number of hydrogen-bond donors (Lipinski definition) is 1. The molecule has 0 spiro atoms. The average molecular weight is 366 g/mol. The molecule has 3 aromatic rings. The third-order valence-electron chi connectivity index (χ3n) is 4.01. The Bertz CT molecular complexity index is 960. The smallest absolute Gasteiger partial charge is 0.203 e. The second kappa shape index (κ2) is 8.07. The number of H-pyrrole nitrogens is 1. The number of pyridine rings is 1. The summed E-state index contributed by atoms with van der Waals surface area (Å²) in [6.07, 6.45) is 0.588. The van der Waals surface area contributed by atoms with Gasteiger partial charge in [0.05, 0.1) is 5.56 Å². The van der Waals surface area contributed by atoms with Gasteiger partial charge in [-0.3, -0.25) is 4.79 Å². The fourth-order valence-corrected chi connectivity index (χ4v) is 2.87. The minimum atomic E-state index is -0.0942. The summed E-state index contributed by atoms with van der Waals surface area (Å²) in [5.74, 6) is 0.456. The summed E-state index contributed by atoms with van der Waals surface area (Å²) in [7, 11) is 0. The molecule has 0 aliphatic carbocycles. The summed E-state index contributed by atoms with van der Waals surface area (Å²) in [5.41, 5.74) is 3.94. The van der Waals surface area contributed by atoms with Gasteiger partial charge in [0.2, 0.25) is 5.88 Å². The van der Waals surface area contributed by atoms with Crippen LogP contribution in [0.2, 0.25) is 5.02 Å². The number of aromatic amines is 1. The van der Waals surface area contributed by atoms with Crippen LogP contribution in [0.4, 0.5) is 0 Å². The van der Waals surface area contributed by atoms with Crippen LogP contribution >= 0.6 is 11.6 Å². The molecule has 1 aromatic heterocycles. The van der Waals surface area contributed by atoms with Crippen molar-refractivity contribution < 1.29 is 4.74 Å². The summed E-state index contributed by atoms with van der Waals surface area (Å²) >= 11 is 5.93. The Morgan fingerprint density at radius 2 is 1.77 bits per heavy atom. The highest BCUT2D eigenvalue weighted by Gasteiger charge is 2.13. The van der Waals surface area contributed by atoms with Gasteiger partial charge in [-0.2, -0.15) is 0 Å². The summed E-state index contributed by atoms with van der Waals surface area (Å²) in [5, 5.41) is 0.687. The maximum Gasteiger partial charge on any atom is 0.203 e. The van der Waals surface area contributed by atoms with E-state index in [1.165, 1.54) is 0 Å². The van der Waals surface area contributed by atoms with Crippen LogP contribution in [-0.2, 0) is 13.0 Å². The second-order valence-electron chi connectivity index (χ2n) is 6.22. The summed E-state index contributed by atoms with van der Waals surface area (Å²) < 4.78 is 5.93. The number of halogens is 1. The fraction of sp³-hybridized carbons (Fsp3) is 0.136. The molecule has 0 aliphatic heterocycles. The molecule has 3 rings (SSSR count). The monoisotopic (exact) mass is 365 g/mol. The van der Waals surface area contributed by atoms with Crippen LogP contribution in [0.25, 0.3) is 5.57 Å². The van der Waals surface area contributed by atoms with Crippen molar-refractivity contribution in [3.05, 3.63) is 105 Å². The summed E-state index contributed by atoms with van der Waals surface area (Å²) in [4.78, 5) is 15.8. The minimum absolute atomic E-state index is 0.0942. The predicted octanol–water partition coefficient (Wildman–Crippen LogP) is 5.23. The van der Waals surface area contributed by atoms with Crippen LogP contribution in [0.3, 0.4) is 0 Å². The molecule has 0 aliphatic rings. The van der Waals surface area contributed by atoms with Crippen molar-refractivity contribution in [1.29, 1.82) is 0 Å². The number of aromatic nitrogens is 1. The molecule has 0 unspecified atom stereocenters. The van der Waals surface area contributed by atoms with E-state index >= 15 is 0 Å². The van der Waals surface area contributed by atoms with Gasteiger partial charge in [0, 0.05) is 23.2 Å². The zero-order valence-corrected chi connectivity index (χ0v) is 15.3. The van der Waals surface area contributed by atoms with Gasteiger partial charge in [0.15, 0.2) is 5.43 Å². The Morgan fingerprint density at radius 3 is 2.42 bits per heavy atom. The Balaban J connectivity index is 1.89. The molecule has 1 heterocycles. The molecule has 0 atom stereocenters. The lowest BCUT2D eigenvalue weighted by molar-refractivity contribution is 0.292. The van der Waals surface area contributed by atoms with Gasteiger partial charge in [0.1, 0.15) is 6.61 Å². The maximum absolute atomic E-state index is 12.6. The summed E-state index contributed by atoms with van der Waals surface area (Å²) in [6.45, 7) is 6.09. The van der Waals surface area contributed by atoms with Crippen LogP contribution in [-0.4, -0.2) is 4.98 Å². The van der Waals surface area contributed by atoms with Crippen molar-refractivity contribution in [2.24, 2.45) is 0 Å². The summed E-state index contributed by atoms with van der Waals surface area (Å²) in [6, 6.07) is 19.0. The molecule has 0 saturated heterocycles. The van der Waals surface area contributed by atoms with Gasteiger partial charge in [-0.15, -0.1) is 0 Å². The largest absolute Gasteiger partial charge is 0.474 e. The first-order valence-electron chi connectivity index (χ1n) is 8.36. The minimum Gasteiger partial charge on any atom is -0.474 e.